The Kier molecular flexibility index (Phi) is 5.17. The van der Waals surface area contributed by atoms with Crippen LogP contribution in [-0.4, -0.2) is 37.1 Å². The van der Waals surface area contributed by atoms with Crippen LogP contribution in [-0.2, 0) is 9.53 Å². The van der Waals surface area contributed by atoms with Gasteiger partial charge in [-0.3, -0.25) is 15.0 Å². The van der Waals surface area contributed by atoms with Gasteiger partial charge in [0.25, 0.3) is 5.91 Å². The SMILES string of the molecule is COC(=O)C1NNC2CCC(NC(=O)c3cc(Br)ccc3F)CC21. The van der Waals surface area contributed by atoms with E-state index in [1.54, 1.807) is 6.07 Å². The maximum absolute atomic E-state index is 13.8. The van der Waals surface area contributed by atoms with E-state index in [4.69, 9.17) is 4.74 Å². The lowest BCUT2D eigenvalue weighted by atomic mass is 9.79. The molecule has 4 unspecified atom stereocenters. The second kappa shape index (κ2) is 7.16. The van der Waals surface area contributed by atoms with Gasteiger partial charge in [-0.2, -0.15) is 0 Å². The molecule has 1 saturated carbocycles. The van der Waals surface area contributed by atoms with Crippen LogP contribution in [0.2, 0.25) is 0 Å². The number of hydrogen-bond acceptors (Lipinski definition) is 5. The largest absolute Gasteiger partial charge is 0.468 e. The van der Waals surface area contributed by atoms with Gasteiger partial charge in [0.15, 0.2) is 0 Å². The number of esters is 1. The van der Waals surface area contributed by atoms with Crippen molar-refractivity contribution in [3.8, 4) is 0 Å². The van der Waals surface area contributed by atoms with E-state index in [0.29, 0.717) is 10.9 Å². The fourth-order valence-electron chi connectivity index (χ4n) is 3.48. The number of rotatable bonds is 3. The molecule has 0 radical (unpaired) electrons. The summed E-state index contributed by atoms with van der Waals surface area (Å²) in [5.41, 5.74) is 6.10. The number of ether oxygens (including phenoxy) is 1. The first-order valence-corrected chi connectivity index (χ1v) is 8.63. The number of hydrazine groups is 1. The maximum Gasteiger partial charge on any atom is 0.324 e. The average molecular weight is 400 g/mol. The molecule has 1 heterocycles. The summed E-state index contributed by atoms with van der Waals surface area (Å²) in [6.07, 6.45) is 2.22. The minimum atomic E-state index is -0.555. The highest BCUT2D eigenvalue weighted by Crippen LogP contribution is 2.31. The predicted molar refractivity (Wildman–Crippen MR) is 88.6 cm³/mol. The fourth-order valence-corrected chi connectivity index (χ4v) is 3.84. The summed E-state index contributed by atoms with van der Waals surface area (Å²) in [5, 5.41) is 2.89. The van der Waals surface area contributed by atoms with E-state index in [0.717, 1.165) is 12.8 Å². The molecule has 0 spiro atoms. The number of nitrogens with one attached hydrogen (secondary N) is 3. The Morgan fingerprint density at radius 3 is 2.88 bits per heavy atom. The van der Waals surface area contributed by atoms with Crippen molar-refractivity contribution in [2.24, 2.45) is 5.92 Å². The zero-order chi connectivity index (χ0) is 17.3. The summed E-state index contributed by atoms with van der Waals surface area (Å²) in [6.45, 7) is 0. The van der Waals surface area contributed by atoms with Gasteiger partial charge in [0.1, 0.15) is 11.9 Å². The number of fused-ring (bicyclic) bond motifs is 1. The van der Waals surface area contributed by atoms with Crippen molar-refractivity contribution >= 4 is 27.8 Å². The van der Waals surface area contributed by atoms with Crippen LogP contribution in [0.25, 0.3) is 0 Å². The number of benzene rings is 1. The zero-order valence-corrected chi connectivity index (χ0v) is 14.7. The molecular weight excluding hydrogens is 381 g/mol. The van der Waals surface area contributed by atoms with Crippen molar-refractivity contribution in [3.63, 3.8) is 0 Å². The molecule has 1 aliphatic heterocycles. The second-order valence-electron chi connectivity index (χ2n) is 6.17. The number of methoxy groups -OCH3 is 1. The molecule has 0 bridgehead atoms. The molecule has 1 amide bonds. The van der Waals surface area contributed by atoms with Crippen LogP contribution >= 0.6 is 15.9 Å². The van der Waals surface area contributed by atoms with E-state index in [-0.39, 0.29) is 29.5 Å². The number of hydrogen-bond donors (Lipinski definition) is 3. The van der Waals surface area contributed by atoms with E-state index in [1.807, 2.05) is 0 Å². The summed E-state index contributed by atoms with van der Waals surface area (Å²) in [6, 6.07) is 3.91. The van der Waals surface area contributed by atoms with Gasteiger partial charge in [-0.25, -0.2) is 9.82 Å². The van der Waals surface area contributed by atoms with Crippen LogP contribution in [0.15, 0.2) is 22.7 Å². The van der Waals surface area contributed by atoms with Gasteiger partial charge in [0.05, 0.1) is 12.7 Å². The average Bonchev–Trinajstić information content (AvgIpc) is 2.99. The van der Waals surface area contributed by atoms with Crippen LogP contribution < -0.4 is 16.2 Å². The third-order valence-electron chi connectivity index (χ3n) is 4.72. The van der Waals surface area contributed by atoms with Gasteiger partial charge in [0.2, 0.25) is 0 Å². The van der Waals surface area contributed by atoms with Crippen LogP contribution in [0.3, 0.4) is 0 Å². The standard InChI is InChI=1S/C16H19BrFN3O3/c1-24-16(23)14-11-7-9(3-5-13(11)20-21-14)19-15(22)10-6-8(17)2-4-12(10)18/h2,4,6,9,11,13-14,20-21H,3,5,7H2,1H3,(H,19,22). The van der Waals surface area contributed by atoms with E-state index < -0.39 is 17.8 Å². The summed E-state index contributed by atoms with van der Waals surface area (Å²) < 4.78 is 19.3. The Morgan fingerprint density at radius 2 is 2.12 bits per heavy atom. The lowest BCUT2D eigenvalue weighted by Gasteiger charge is -2.32. The molecule has 3 N–H and O–H groups in total. The van der Waals surface area contributed by atoms with Crippen molar-refractivity contribution in [2.45, 2.75) is 37.4 Å². The van der Waals surface area contributed by atoms with Crippen molar-refractivity contribution in [1.82, 2.24) is 16.2 Å². The topological polar surface area (TPSA) is 79.5 Å². The third kappa shape index (κ3) is 3.45. The van der Waals surface area contributed by atoms with Crippen LogP contribution in [0, 0.1) is 11.7 Å². The first kappa shape index (κ1) is 17.3. The van der Waals surface area contributed by atoms with Crippen molar-refractivity contribution in [3.05, 3.63) is 34.1 Å². The van der Waals surface area contributed by atoms with Crippen molar-refractivity contribution in [1.29, 1.82) is 0 Å². The minimum absolute atomic E-state index is 0.0127. The van der Waals surface area contributed by atoms with Gasteiger partial charge in [0, 0.05) is 22.5 Å². The van der Waals surface area contributed by atoms with Crippen LogP contribution in [0.1, 0.15) is 29.6 Å². The van der Waals surface area contributed by atoms with E-state index in [1.165, 1.54) is 19.2 Å². The Morgan fingerprint density at radius 1 is 1.33 bits per heavy atom. The molecule has 6 nitrogen and oxygen atoms in total. The number of halogens is 2. The van der Waals surface area contributed by atoms with Crippen molar-refractivity contribution in [2.75, 3.05) is 7.11 Å². The maximum atomic E-state index is 13.8. The van der Waals surface area contributed by atoms with E-state index in [2.05, 4.69) is 32.1 Å². The van der Waals surface area contributed by atoms with E-state index >= 15 is 0 Å². The highest BCUT2D eigenvalue weighted by molar-refractivity contribution is 9.10. The lowest BCUT2D eigenvalue weighted by Crippen LogP contribution is -2.46. The number of carbonyl (C=O) groups is 2. The molecule has 1 aromatic rings. The fraction of sp³-hybridized carbons (Fsp3) is 0.500. The Balaban J connectivity index is 1.67. The minimum Gasteiger partial charge on any atom is -0.468 e. The first-order chi connectivity index (χ1) is 11.5. The summed E-state index contributed by atoms with van der Waals surface area (Å²) in [4.78, 5) is 24.2. The van der Waals surface area contributed by atoms with Crippen LogP contribution in [0.4, 0.5) is 4.39 Å². The quantitative estimate of drug-likeness (QED) is 0.671. The molecule has 2 fully saturated rings. The monoisotopic (exact) mass is 399 g/mol. The van der Waals surface area contributed by atoms with Gasteiger partial charge in [-0.1, -0.05) is 15.9 Å². The number of carbonyl (C=O) groups excluding carboxylic acids is 2. The molecular formula is C16H19BrFN3O3. The molecule has 24 heavy (non-hydrogen) atoms. The van der Waals surface area contributed by atoms with Gasteiger partial charge >= 0.3 is 5.97 Å². The molecule has 1 saturated heterocycles. The van der Waals surface area contributed by atoms with Gasteiger partial charge < -0.3 is 10.1 Å². The normalized spacial score (nSPS) is 29.0. The second-order valence-corrected chi connectivity index (χ2v) is 7.08. The van der Waals surface area contributed by atoms with Gasteiger partial charge in [-0.15, -0.1) is 0 Å². The lowest BCUT2D eigenvalue weighted by molar-refractivity contribution is -0.144. The van der Waals surface area contributed by atoms with E-state index in [9.17, 15) is 14.0 Å². The Hall–Kier alpha value is -1.51. The summed E-state index contributed by atoms with van der Waals surface area (Å²) in [5.74, 6) is -1.28. The number of amides is 1. The Labute approximate surface area is 147 Å². The molecule has 8 heteroatoms. The Bertz CT molecular complexity index is 657. The molecule has 130 valence electrons. The predicted octanol–water partition coefficient (Wildman–Crippen LogP) is 1.50. The molecule has 2 aliphatic rings. The molecule has 4 atom stereocenters. The zero-order valence-electron chi connectivity index (χ0n) is 13.1. The smallest absolute Gasteiger partial charge is 0.324 e. The molecule has 0 aromatic heterocycles. The van der Waals surface area contributed by atoms with Crippen molar-refractivity contribution < 1.29 is 18.7 Å². The summed E-state index contributed by atoms with van der Waals surface area (Å²) >= 11 is 3.24. The van der Waals surface area contributed by atoms with Crippen LogP contribution in [0.5, 0.6) is 0 Å². The molecule has 1 aromatic carbocycles. The highest BCUT2D eigenvalue weighted by atomic mass is 79.9. The first-order valence-electron chi connectivity index (χ1n) is 7.84. The highest BCUT2D eigenvalue weighted by Gasteiger charge is 2.44. The van der Waals surface area contributed by atoms with Gasteiger partial charge in [-0.05, 0) is 37.5 Å². The molecule has 1 aliphatic carbocycles. The molecule has 3 rings (SSSR count). The summed E-state index contributed by atoms with van der Waals surface area (Å²) in [7, 11) is 1.36. The third-order valence-corrected chi connectivity index (χ3v) is 5.21.